The Kier molecular flexibility index (Phi) is 5.15. The van der Waals surface area contributed by atoms with Crippen LogP contribution in [0.3, 0.4) is 0 Å². The highest BCUT2D eigenvalue weighted by atomic mass is 35.5. The van der Waals surface area contributed by atoms with E-state index in [9.17, 15) is 18.0 Å². The summed E-state index contributed by atoms with van der Waals surface area (Å²) in [4.78, 5) is 12.1. The van der Waals surface area contributed by atoms with Crippen LogP contribution in [0.5, 0.6) is 0 Å². The van der Waals surface area contributed by atoms with Crippen molar-refractivity contribution >= 4 is 28.9 Å². The molecule has 0 bridgehead atoms. The van der Waals surface area contributed by atoms with Crippen molar-refractivity contribution in [3.05, 3.63) is 58.4 Å². The SMILES string of the molecule is Cc1c(Cl)cccc1NC(C)C(=O)Nc1ccc(F)c(F)c1F. The number of carbonyl (C=O) groups is 1. The number of halogens is 4. The zero-order chi connectivity index (χ0) is 17.1. The summed E-state index contributed by atoms with van der Waals surface area (Å²) in [5, 5.41) is 5.68. The molecule has 0 heterocycles. The van der Waals surface area contributed by atoms with Gasteiger partial charge in [-0.25, -0.2) is 13.2 Å². The lowest BCUT2D eigenvalue weighted by molar-refractivity contribution is -0.116. The summed E-state index contributed by atoms with van der Waals surface area (Å²) in [6.07, 6.45) is 0. The summed E-state index contributed by atoms with van der Waals surface area (Å²) < 4.78 is 39.6. The fraction of sp³-hybridized carbons (Fsp3) is 0.188. The minimum atomic E-state index is -1.63. The summed E-state index contributed by atoms with van der Waals surface area (Å²) >= 11 is 5.99. The van der Waals surface area contributed by atoms with Crippen molar-refractivity contribution in [1.29, 1.82) is 0 Å². The van der Waals surface area contributed by atoms with E-state index in [0.717, 1.165) is 17.7 Å². The molecule has 0 aromatic heterocycles. The Bertz CT molecular complexity index is 752. The van der Waals surface area contributed by atoms with Gasteiger partial charge in [-0.2, -0.15) is 0 Å². The van der Waals surface area contributed by atoms with Gasteiger partial charge in [-0.3, -0.25) is 4.79 Å². The van der Waals surface area contributed by atoms with E-state index in [2.05, 4.69) is 10.6 Å². The van der Waals surface area contributed by atoms with Gasteiger partial charge >= 0.3 is 0 Å². The average molecular weight is 343 g/mol. The van der Waals surface area contributed by atoms with Gasteiger partial charge in [0.2, 0.25) is 5.91 Å². The minimum absolute atomic E-state index is 0.426. The van der Waals surface area contributed by atoms with Crippen molar-refractivity contribution in [2.75, 3.05) is 10.6 Å². The smallest absolute Gasteiger partial charge is 0.246 e. The van der Waals surface area contributed by atoms with E-state index >= 15 is 0 Å². The molecule has 2 aromatic carbocycles. The second-order valence-corrected chi connectivity index (χ2v) is 5.40. The third-order valence-electron chi connectivity index (χ3n) is 3.33. The van der Waals surface area contributed by atoms with E-state index in [1.54, 1.807) is 32.0 Å². The second-order valence-electron chi connectivity index (χ2n) is 4.99. The molecule has 0 fully saturated rings. The van der Waals surface area contributed by atoms with Crippen LogP contribution in [0, 0.1) is 24.4 Å². The van der Waals surface area contributed by atoms with Gasteiger partial charge in [0, 0.05) is 10.7 Å². The Hall–Kier alpha value is -2.21. The van der Waals surface area contributed by atoms with Crippen molar-refractivity contribution in [2.45, 2.75) is 19.9 Å². The first-order chi connectivity index (χ1) is 10.8. The van der Waals surface area contributed by atoms with Gasteiger partial charge in [0.1, 0.15) is 6.04 Å². The standard InChI is InChI=1S/C16H14ClF3N2O/c1-8-10(17)4-3-5-12(8)21-9(2)16(23)22-13-7-6-11(18)14(19)15(13)20/h3-7,9,21H,1-2H3,(H,22,23). The maximum absolute atomic E-state index is 13.6. The number of hydrogen-bond acceptors (Lipinski definition) is 2. The molecule has 1 amide bonds. The predicted octanol–water partition coefficient (Wildman–Crippen LogP) is 4.50. The van der Waals surface area contributed by atoms with E-state index in [1.165, 1.54) is 0 Å². The van der Waals surface area contributed by atoms with E-state index in [-0.39, 0.29) is 0 Å². The summed E-state index contributed by atoms with van der Waals surface area (Å²) in [5.41, 5.74) is 0.976. The van der Waals surface area contributed by atoms with Crippen molar-refractivity contribution in [3.8, 4) is 0 Å². The number of amides is 1. The van der Waals surface area contributed by atoms with Crippen LogP contribution >= 0.6 is 11.6 Å². The lowest BCUT2D eigenvalue weighted by Crippen LogP contribution is -2.32. The number of carbonyl (C=O) groups excluding carboxylic acids is 1. The first-order valence-corrected chi connectivity index (χ1v) is 7.15. The van der Waals surface area contributed by atoms with E-state index < -0.39 is 35.1 Å². The maximum atomic E-state index is 13.6. The summed E-state index contributed by atoms with van der Waals surface area (Å²) in [7, 11) is 0. The van der Waals surface area contributed by atoms with Crippen LogP contribution in [-0.2, 0) is 4.79 Å². The Morgan fingerprint density at radius 1 is 1.09 bits per heavy atom. The second kappa shape index (κ2) is 6.91. The highest BCUT2D eigenvalue weighted by Crippen LogP contribution is 2.24. The topological polar surface area (TPSA) is 41.1 Å². The van der Waals surface area contributed by atoms with Crippen LogP contribution in [0.25, 0.3) is 0 Å². The van der Waals surface area contributed by atoms with Gasteiger partial charge in [-0.05, 0) is 43.7 Å². The zero-order valence-corrected chi connectivity index (χ0v) is 13.1. The predicted molar refractivity (Wildman–Crippen MR) is 84.2 cm³/mol. The number of hydrogen-bond donors (Lipinski definition) is 2. The lowest BCUT2D eigenvalue weighted by Gasteiger charge is -2.17. The van der Waals surface area contributed by atoms with Gasteiger partial charge < -0.3 is 10.6 Å². The molecule has 0 saturated carbocycles. The first kappa shape index (κ1) is 17.1. The number of anilines is 2. The van der Waals surface area contributed by atoms with Crippen LogP contribution in [0.2, 0.25) is 5.02 Å². The van der Waals surface area contributed by atoms with Crippen LogP contribution in [0.1, 0.15) is 12.5 Å². The molecular formula is C16H14ClF3N2O. The molecular weight excluding hydrogens is 329 g/mol. The van der Waals surface area contributed by atoms with Gasteiger partial charge in [0.15, 0.2) is 17.5 Å². The van der Waals surface area contributed by atoms with E-state index in [1.807, 2.05) is 0 Å². The molecule has 23 heavy (non-hydrogen) atoms. The van der Waals surface area contributed by atoms with Gasteiger partial charge in [0.25, 0.3) is 0 Å². The van der Waals surface area contributed by atoms with Crippen LogP contribution < -0.4 is 10.6 Å². The minimum Gasteiger partial charge on any atom is -0.374 e. The van der Waals surface area contributed by atoms with Crippen LogP contribution in [0.4, 0.5) is 24.5 Å². The van der Waals surface area contributed by atoms with Crippen molar-refractivity contribution in [2.24, 2.45) is 0 Å². The normalized spacial score (nSPS) is 11.9. The van der Waals surface area contributed by atoms with E-state index in [4.69, 9.17) is 11.6 Å². The average Bonchev–Trinajstić information content (AvgIpc) is 2.52. The molecule has 0 aliphatic rings. The van der Waals surface area contributed by atoms with Crippen molar-refractivity contribution in [3.63, 3.8) is 0 Å². The van der Waals surface area contributed by atoms with Crippen molar-refractivity contribution < 1.29 is 18.0 Å². The monoisotopic (exact) mass is 342 g/mol. The number of rotatable bonds is 4. The fourth-order valence-electron chi connectivity index (χ4n) is 1.93. The molecule has 0 saturated heterocycles. The molecule has 1 unspecified atom stereocenters. The number of benzene rings is 2. The molecule has 3 nitrogen and oxygen atoms in total. The Balaban J connectivity index is 2.12. The Morgan fingerprint density at radius 3 is 2.48 bits per heavy atom. The van der Waals surface area contributed by atoms with Crippen LogP contribution in [0.15, 0.2) is 30.3 Å². The molecule has 7 heteroatoms. The van der Waals surface area contributed by atoms with E-state index in [0.29, 0.717) is 10.7 Å². The summed E-state index contributed by atoms with van der Waals surface area (Å²) in [6.45, 7) is 3.33. The Morgan fingerprint density at radius 2 is 1.78 bits per heavy atom. The summed E-state index contributed by atoms with van der Waals surface area (Å²) in [6, 6.07) is 6.12. The first-order valence-electron chi connectivity index (χ1n) is 6.77. The molecule has 0 spiro atoms. The third-order valence-corrected chi connectivity index (χ3v) is 3.74. The van der Waals surface area contributed by atoms with Gasteiger partial charge in [-0.15, -0.1) is 0 Å². The number of nitrogens with one attached hydrogen (secondary N) is 2. The van der Waals surface area contributed by atoms with Crippen LogP contribution in [-0.4, -0.2) is 11.9 Å². The maximum Gasteiger partial charge on any atom is 0.246 e. The lowest BCUT2D eigenvalue weighted by atomic mass is 10.1. The molecule has 0 aliphatic carbocycles. The largest absolute Gasteiger partial charge is 0.374 e. The molecule has 2 rings (SSSR count). The summed E-state index contributed by atoms with van der Waals surface area (Å²) in [5.74, 6) is -4.99. The quantitative estimate of drug-likeness (QED) is 0.803. The molecule has 2 aromatic rings. The highest BCUT2D eigenvalue weighted by molar-refractivity contribution is 6.31. The van der Waals surface area contributed by atoms with Gasteiger partial charge in [-0.1, -0.05) is 17.7 Å². The fourth-order valence-corrected chi connectivity index (χ4v) is 2.10. The molecule has 2 N–H and O–H groups in total. The molecule has 122 valence electrons. The molecule has 0 aliphatic heterocycles. The Labute approximate surface area is 136 Å². The third kappa shape index (κ3) is 3.76. The highest BCUT2D eigenvalue weighted by Gasteiger charge is 2.19. The van der Waals surface area contributed by atoms with Gasteiger partial charge in [0.05, 0.1) is 5.69 Å². The molecule has 0 radical (unpaired) electrons. The molecule has 1 atom stereocenters. The zero-order valence-electron chi connectivity index (χ0n) is 12.4. The van der Waals surface area contributed by atoms with Crippen molar-refractivity contribution in [1.82, 2.24) is 0 Å².